The van der Waals surface area contributed by atoms with E-state index >= 15 is 0 Å². The van der Waals surface area contributed by atoms with Crippen LogP contribution in [0.25, 0.3) is 0 Å². The van der Waals surface area contributed by atoms with E-state index in [2.05, 4.69) is 15.7 Å². The fourth-order valence-corrected chi connectivity index (χ4v) is 1.53. The summed E-state index contributed by atoms with van der Waals surface area (Å²) >= 11 is 0. The van der Waals surface area contributed by atoms with Gasteiger partial charge in [0.15, 0.2) is 0 Å². The summed E-state index contributed by atoms with van der Waals surface area (Å²) in [5.41, 5.74) is 0.530. The van der Waals surface area contributed by atoms with Crippen LogP contribution in [-0.2, 0) is 6.54 Å². The lowest BCUT2D eigenvalue weighted by Gasteiger charge is -2.08. The Morgan fingerprint density at radius 1 is 1.16 bits per heavy atom. The number of para-hydroxylation sites is 1. The minimum atomic E-state index is -0.310. The zero-order valence-corrected chi connectivity index (χ0v) is 10.2. The molecule has 1 aromatic carbocycles. The Morgan fingerprint density at radius 3 is 2.68 bits per heavy atom. The van der Waals surface area contributed by atoms with Crippen LogP contribution < -0.4 is 16.2 Å². The highest BCUT2D eigenvalue weighted by atomic mass is 16.2. The molecule has 1 heterocycles. The first-order valence-electron chi connectivity index (χ1n) is 5.88. The number of nitrogens with zero attached hydrogens (tertiary/aromatic N) is 2. The second kappa shape index (κ2) is 6.34. The van der Waals surface area contributed by atoms with E-state index in [1.807, 2.05) is 18.2 Å². The summed E-state index contributed by atoms with van der Waals surface area (Å²) in [5, 5.41) is 9.23. The lowest BCUT2D eigenvalue weighted by molar-refractivity contribution is 0.251. The van der Waals surface area contributed by atoms with E-state index < -0.39 is 0 Å². The molecular formula is C13H14N4O2. The summed E-state index contributed by atoms with van der Waals surface area (Å²) in [6, 6.07) is 11.8. The Hall–Kier alpha value is -2.63. The van der Waals surface area contributed by atoms with E-state index in [4.69, 9.17) is 0 Å². The van der Waals surface area contributed by atoms with Crippen molar-refractivity contribution in [2.45, 2.75) is 6.54 Å². The molecule has 0 saturated heterocycles. The highest BCUT2D eigenvalue weighted by Gasteiger charge is 2.01. The lowest BCUT2D eigenvalue weighted by Crippen LogP contribution is -2.34. The van der Waals surface area contributed by atoms with E-state index in [0.717, 1.165) is 5.69 Å². The maximum Gasteiger partial charge on any atom is 0.319 e. The number of urea groups is 1. The topological polar surface area (TPSA) is 76.0 Å². The first-order valence-corrected chi connectivity index (χ1v) is 5.88. The van der Waals surface area contributed by atoms with Crippen LogP contribution in [0.3, 0.4) is 0 Å². The molecule has 1 aromatic heterocycles. The van der Waals surface area contributed by atoms with Crippen LogP contribution in [-0.4, -0.2) is 22.4 Å². The van der Waals surface area contributed by atoms with E-state index in [1.165, 1.54) is 16.9 Å². The van der Waals surface area contributed by atoms with Crippen molar-refractivity contribution in [3.63, 3.8) is 0 Å². The minimum Gasteiger partial charge on any atom is -0.336 e. The maximum atomic E-state index is 11.6. The Labute approximate surface area is 110 Å². The second-order valence-corrected chi connectivity index (χ2v) is 3.83. The first-order chi connectivity index (χ1) is 9.25. The number of hydrogen-bond donors (Lipinski definition) is 2. The number of aromatic nitrogens is 2. The molecule has 0 radical (unpaired) electrons. The third-order valence-corrected chi connectivity index (χ3v) is 2.43. The third kappa shape index (κ3) is 3.95. The molecule has 19 heavy (non-hydrogen) atoms. The largest absolute Gasteiger partial charge is 0.336 e. The molecule has 0 saturated carbocycles. The average molecular weight is 258 g/mol. The smallest absolute Gasteiger partial charge is 0.319 e. The Kier molecular flexibility index (Phi) is 4.28. The summed E-state index contributed by atoms with van der Waals surface area (Å²) < 4.78 is 1.29. The first kappa shape index (κ1) is 12.8. The molecular weight excluding hydrogens is 244 g/mol. The number of rotatable bonds is 4. The molecule has 6 heteroatoms. The van der Waals surface area contributed by atoms with Crippen molar-refractivity contribution < 1.29 is 4.79 Å². The number of benzene rings is 1. The van der Waals surface area contributed by atoms with Crippen LogP contribution in [0.4, 0.5) is 10.5 Å². The van der Waals surface area contributed by atoms with Crippen LogP contribution in [0.2, 0.25) is 0 Å². The van der Waals surface area contributed by atoms with Crippen molar-refractivity contribution in [3.05, 3.63) is 59.0 Å². The predicted molar refractivity (Wildman–Crippen MR) is 72.0 cm³/mol. The van der Waals surface area contributed by atoms with Gasteiger partial charge in [0.1, 0.15) is 0 Å². The van der Waals surface area contributed by atoms with Crippen LogP contribution in [0.15, 0.2) is 53.5 Å². The van der Waals surface area contributed by atoms with Gasteiger partial charge in [0.25, 0.3) is 5.56 Å². The van der Waals surface area contributed by atoms with Crippen LogP contribution >= 0.6 is 0 Å². The Balaban J connectivity index is 1.79. The standard InChI is InChI=1S/C13H14N4O2/c18-12-7-4-8-15-17(12)10-9-14-13(19)16-11-5-2-1-3-6-11/h1-8H,9-10H2,(H2,14,16,19). The van der Waals surface area contributed by atoms with Crippen molar-refractivity contribution in [1.29, 1.82) is 0 Å². The third-order valence-electron chi connectivity index (χ3n) is 2.43. The van der Waals surface area contributed by atoms with Gasteiger partial charge in [-0.05, 0) is 18.2 Å². The van der Waals surface area contributed by atoms with E-state index in [-0.39, 0.29) is 11.6 Å². The fraction of sp³-hybridized carbons (Fsp3) is 0.154. The van der Waals surface area contributed by atoms with Crippen molar-refractivity contribution in [1.82, 2.24) is 15.1 Å². The van der Waals surface area contributed by atoms with Gasteiger partial charge in [-0.2, -0.15) is 5.10 Å². The molecule has 0 aliphatic carbocycles. The zero-order valence-electron chi connectivity index (χ0n) is 10.2. The molecule has 98 valence electrons. The van der Waals surface area contributed by atoms with Crippen molar-refractivity contribution in [2.75, 3.05) is 11.9 Å². The molecule has 2 aromatic rings. The number of amides is 2. The summed E-state index contributed by atoms with van der Waals surface area (Å²) in [4.78, 5) is 22.9. The van der Waals surface area contributed by atoms with Gasteiger partial charge < -0.3 is 10.6 Å². The SMILES string of the molecule is O=C(NCCn1ncccc1=O)Nc1ccccc1. The molecule has 0 aliphatic rings. The number of hydrogen-bond acceptors (Lipinski definition) is 3. The number of carbonyl (C=O) groups is 1. The van der Waals surface area contributed by atoms with Gasteiger partial charge in [0.2, 0.25) is 0 Å². The molecule has 0 spiro atoms. The average Bonchev–Trinajstić information content (AvgIpc) is 2.42. The number of nitrogens with one attached hydrogen (secondary N) is 2. The summed E-state index contributed by atoms with van der Waals surface area (Å²) in [7, 11) is 0. The van der Waals surface area contributed by atoms with Crippen LogP contribution in [0.1, 0.15) is 0 Å². The number of carbonyl (C=O) groups excluding carboxylic acids is 1. The van der Waals surface area contributed by atoms with Gasteiger partial charge in [-0.15, -0.1) is 0 Å². The van der Waals surface area contributed by atoms with Gasteiger partial charge in [0.05, 0.1) is 6.54 Å². The Bertz CT molecular complexity index is 595. The molecule has 0 bridgehead atoms. The van der Waals surface area contributed by atoms with Crippen LogP contribution in [0.5, 0.6) is 0 Å². The van der Waals surface area contributed by atoms with Gasteiger partial charge in [0, 0.05) is 24.5 Å². The number of anilines is 1. The van der Waals surface area contributed by atoms with Gasteiger partial charge >= 0.3 is 6.03 Å². The monoisotopic (exact) mass is 258 g/mol. The fourth-order valence-electron chi connectivity index (χ4n) is 1.53. The normalized spacial score (nSPS) is 9.89. The van der Waals surface area contributed by atoms with E-state index in [9.17, 15) is 9.59 Å². The molecule has 2 rings (SSSR count). The van der Waals surface area contributed by atoms with Crippen molar-refractivity contribution in [2.24, 2.45) is 0 Å². The van der Waals surface area contributed by atoms with Crippen LogP contribution in [0, 0.1) is 0 Å². The summed E-state index contributed by atoms with van der Waals surface area (Å²) in [5.74, 6) is 0. The van der Waals surface area contributed by atoms with E-state index in [0.29, 0.717) is 13.1 Å². The zero-order chi connectivity index (χ0) is 13.5. The van der Waals surface area contributed by atoms with Gasteiger partial charge in [-0.3, -0.25) is 4.79 Å². The summed E-state index contributed by atoms with van der Waals surface area (Å²) in [6.07, 6.45) is 1.53. The predicted octanol–water partition coefficient (Wildman–Crippen LogP) is 1.06. The second-order valence-electron chi connectivity index (χ2n) is 3.83. The highest BCUT2D eigenvalue weighted by molar-refractivity contribution is 5.89. The van der Waals surface area contributed by atoms with Gasteiger partial charge in [-0.25, -0.2) is 9.48 Å². The molecule has 0 atom stereocenters. The molecule has 2 N–H and O–H groups in total. The molecule has 6 nitrogen and oxygen atoms in total. The van der Waals surface area contributed by atoms with E-state index in [1.54, 1.807) is 18.2 Å². The van der Waals surface area contributed by atoms with Crippen molar-refractivity contribution in [3.8, 4) is 0 Å². The molecule has 0 unspecified atom stereocenters. The maximum absolute atomic E-state index is 11.6. The van der Waals surface area contributed by atoms with Crippen molar-refractivity contribution >= 4 is 11.7 Å². The lowest BCUT2D eigenvalue weighted by atomic mass is 10.3. The summed E-state index contributed by atoms with van der Waals surface area (Å²) in [6.45, 7) is 0.664. The molecule has 0 fully saturated rings. The molecule has 0 aliphatic heterocycles. The minimum absolute atomic E-state index is 0.187. The molecule has 2 amide bonds. The highest BCUT2D eigenvalue weighted by Crippen LogP contribution is 2.03. The Morgan fingerprint density at radius 2 is 1.95 bits per heavy atom. The quantitative estimate of drug-likeness (QED) is 0.861. The van der Waals surface area contributed by atoms with Gasteiger partial charge in [-0.1, -0.05) is 18.2 Å².